The summed E-state index contributed by atoms with van der Waals surface area (Å²) in [5.74, 6) is 2.97. The van der Waals surface area contributed by atoms with Crippen molar-refractivity contribution in [3.8, 4) is 12.3 Å². The molecule has 0 fully saturated rings. The fourth-order valence-corrected chi connectivity index (χ4v) is 2.67. The Morgan fingerprint density at radius 3 is 1.94 bits per heavy atom. The molecule has 0 bridgehead atoms. The molecule has 0 N–H and O–H groups in total. The molecule has 86 valence electrons. The third kappa shape index (κ3) is 1.47. The number of rotatable bonds is 1. The maximum Gasteiger partial charge on any atom is 0.193 e. The standard InChI is InChI=1S/C17H12O/c1-2-7-12-13-8-3-5-10-15(13)17(18)16-11-6-4-9-14(12)16/h1,3-6,8-12H,7H2. The smallest absolute Gasteiger partial charge is 0.193 e. The van der Waals surface area contributed by atoms with E-state index in [4.69, 9.17) is 6.42 Å². The number of hydrogen-bond donors (Lipinski definition) is 0. The van der Waals surface area contributed by atoms with Gasteiger partial charge in [0, 0.05) is 23.5 Å². The molecular formula is C17H12O. The van der Waals surface area contributed by atoms with Crippen LogP contribution in [0.1, 0.15) is 39.4 Å². The molecule has 0 aromatic heterocycles. The maximum absolute atomic E-state index is 12.4. The van der Waals surface area contributed by atoms with Gasteiger partial charge in [0.25, 0.3) is 0 Å². The zero-order chi connectivity index (χ0) is 12.5. The number of ketones is 1. The maximum atomic E-state index is 12.4. The number of carbonyl (C=O) groups excluding carboxylic acids is 1. The summed E-state index contributed by atoms with van der Waals surface area (Å²) >= 11 is 0. The van der Waals surface area contributed by atoms with Crippen LogP contribution in [0.5, 0.6) is 0 Å². The van der Waals surface area contributed by atoms with Gasteiger partial charge in [0.15, 0.2) is 5.78 Å². The summed E-state index contributed by atoms with van der Waals surface area (Å²) in [5.41, 5.74) is 3.69. The zero-order valence-corrected chi connectivity index (χ0v) is 9.89. The Hall–Kier alpha value is -2.33. The topological polar surface area (TPSA) is 17.1 Å². The van der Waals surface area contributed by atoms with Crippen LogP contribution in [0.3, 0.4) is 0 Å². The molecule has 1 heteroatoms. The van der Waals surface area contributed by atoms with Crippen LogP contribution in [-0.4, -0.2) is 5.78 Å². The summed E-state index contributed by atoms with van der Waals surface area (Å²) in [5, 5.41) is 0. The van der Waals surface area contributed by atoms with Crippen molar-refractivity contribution in [2.75, 3.05) is 0 Å². The van der Waals surface area contributed by atoms with Crippen molar-refractivity contribution in [1.82, 2.24) is 0 Å². The van der Waals surface area contributed by atoms with E-state index in [-0.39, 0.29) is 11.7 Å². The molecule has 0 saturated heterocycles. The fourth-order valence-electron chi connectivity index (χ4n) is 2.67. The lowest BCUT2D eigenvalue weighted by atomic mass is 9.76. The van der Waals surface area contributed by atoms with E-state index in [1.807, 2.05) is 48.5 Å². The van der Waals surface area contributed by atoms with Crippen LogP contribution in [0.4, 0.5) is 0 Å². The van der Waals surface area contributed by atoms with Gasteiger partial charge in [-0.15, -0.1) is 12.3 Å². The molecular weight excluding hydrogens is 220 g/mol. The predicted molar refractivity (Wildman–Crippen MR) is 71.6 cm³/mol. The lowest BCUT2D eigenvalue weighted by molar-refractivity contribution is 0.103. The van der Waals surface area contributed by atoms with E-state index in [2.05, 4.69) is 5.92 Å². The molecule has 18 heavy (non-hydrogen) atoms. The van der Waals surface area contributed by atoms with E-state index in [9.17, 15) is 4.79 Å². The minimum atomic E-state index is 0.106. The van der Waals surface area contributed by atoms with Crippen LogP contribution < -0.4 is 0 Å². The van der Waals surface area contributed by atoms with Gasteiger partial charge in [0.2, 0.25) is 0 Å². The first-order valence-corrected chi connectivity index (χ1v) is 5.99. The molecule has 0 atom stereocenters. The predicted octanol–water partition coefficient (Wildman–Crippen LogP) is 3.39. The quantitative estimate of drug-likeness (QED) is 0.689. The Bertz CT molecular complexity index is 612. The van der Waals surface area contributed by atoms with Crippen molar-refractivity contribution >= 4 is 5.78 Å². The van der Waals surface area contributed by atoms with Crippen molar-refractivity contribution < 1.29 is 4.79 Å². The minimum Gasteiger partial charge on any atom is -0.289 e. The zero-order valence-electron chi connectivity index (χ0n) is 9.89. The second-order valence-corrected chi connectivity index (χ2v) is 4.46. The van der Waals surface area contributed by atoms with Gasteiger partial charge in [-0.2, -0.15) is 0 Å². The number of terminal acetylenes is 1. The highest BCUT2D eigenvalue weighted by Gasteiger charge is 2.29. The number of carbonyl (C=O) groups is 1. The Labute approximate surface area is 106 Å². The monoisotopic (exact) mass is 232 g/mol. The number of benzene rings is 2. The van der Waals surface area contributed by atoms with E-state index in [0.717, 1.165) is 22.3 Å². The van der Waals surface area contributed by atoms with Crippen LogP contribution in [0.25, 0.3) is 0 Å². The molecule has 1 aliphatic rings. The second-order valence-electron chi connectivity index (χ2n) is 4.46. The van der Waals surface area contributed by atoms with Crippen molar-refractivity contribution in [1.29, 1.82) is 0 Å². The Morgan fingerprint density at radius 1 is 0.944 bits per heavy atom. The van der Waals surface area contributed by atoms with Gasteiger partial charge in [0.05, 0.1) is 0 Å². The van der Waals surface area contributed by atoms with Gasteiger partial charge in [0.1, 0.15) is 0 Å². The highest BCUT2D eigenvalue weighted by Crippen LogP contribution is 2.38. The first-order chi connectivity index (χ1) is 8.83. The second kappa shape index (κ2) is 4.16. The van der Waals surface area contributed by atoms with Gasteiger partial charge < -0.3 is 0 Å². The Morgan fingerprint density at radius 2 is 1.44 bits per heavy atom. The van der Waals surface area contributed by atoms with Gasteiger partial charge in [-0.05, 0) is 11.1 Å². The lowest BCUT2D eigenvalue weighted by Gasteiger charge is -2.26. The van der Waals surface area contributed by atoms with Crippen LogP contribution in [-0.2, 0) is 0 Å². The van der Waals surface area contributed by atoms with Gasteiger partial charge in [-0.25, -0.2) is 0 Å². The van der Waals surface area contributed by atoms with Crippen LogP contribution in [0.15, 0.2) is 48.5 Å². The van der Waals surface area contributed by atoms with Crippen LogP contribution >= 0.6 is 0 Å². The van der Waals surface area contributed by atoms with E-state index in [1.165, 1.54) is 0 Å². The molecule has 0 amide bonds. The highest BCUT2D eigenvalue weighted by atomic mass is 16.1. The van der Waals surface area contributed by atoms with Crippen molar-refractivity contribution in [2.45, 2.75) is 12.3 Å². The molecule has 0 aliphatic heterocycles. The van der Waals surface area contributed by atoms with E-state index >= 15 is 0 Å². The number of hydrogen-bond acceptors (Lipinski definition) is 1. The largest absolute Gasteiger partial charge is 0.289 e. The molecule has 2 aromatic rings. The van der Waals surface area contributed by atoms with Gasteiger partial charge in [-0.1, -0.05) is 48.5 Å². The minimum absolute atomic E-state index is 0.106. The molecule has 1 nitrogen and oxygen atoms in total. The molecule has 0 saturated carbocycles. The van der Waals surface area contributed by atoms with Gasteiger partial charge in [-0.3, -0.25) is 4.79 Å². The summed E-state index contributed by atoms with van der Waals surface area (Å²) < 4.78 is 0. The first kappa shape index (κ1) is 10.8. The lowest BCUT2D eigenvalue weighted by Crippen LogP contribution is -2.19. The molecule has 0 radical (unpaired) electrons. The molecule has 0 spiro atoms. The van der Waals surface area contributed by atoms with Crippen LogP contribution in [0, 0.1) is 12.3 Å². The normalized spacial score (nSPS) is 13.6. The van der Waals surface area contributed by atoms with Crippen molar-refractivity contribution in [3.63, 3.8) is 0 Å². The third-order valence-electron chi connectivity index (χ3n) is 3.48. The summed E-state index contributed by atoms with van der Waals surface area (Å²) in [7, 11) is 0. The summed E-state index contributed by atoms with van der Waals surface area (Å²) in [4.78, 5) is 12.4. The summed E-state index contributed by atoms with van der Waals surface area (Å²) in [6.07, 6.45) is 6.10. The van der Waals surface area contributed by atoms with Crippen molar-refractivity contribution in [2.24, 2.45) is 0 Å². The van der Waals surface area contributed by atoms with E-state index < -0.39 is 0 Å². The van der Waals surface area contributed by atoms with Gasteiger partial charge >= 0.3 is 0 Å². The summed E-state index contributed by atoms with van der Waals surface area (Å²) in [6, 6.07) is 15.5. The Kier molecular flexibility index (Phi) is 2.50. The summed E-state index contributed by atoms with van der Waals surface area (Å²) in [6.45, 7) is 0. The molecule has 3 rings (SSSR count). The number of fused-ring (bicyclic) bond motifs is 2. The fraction of sp³-hybridized carbons (Fsp3) is 0.118. The molecule has 2 aromatic carbocycles. The molecule has 1 aliphatic carbocycles. The Balaban J connectivity index is 2.27. The third-order valence-corrected chi connectivity index (χ3v) is 3.48. The van der Waals surface area contributed by atoms with E-state index in [0.29, 0.717) is 6.42 Å². The molecule has 0 unspecified atom stereocenters. The highest BCUT2D eigenvalue weighted by molar-refractivity contribution is 6.12. The first-order valence-electron chi connectivity index (χ1n) is 5.99. The average molecular weight is 232 g/mol. The molecule has 0 heterocycles. The van der Waals surface area contributed by atoms with E-state index in [1.54, 1.807) is 0 Å². The average Bonchev–Trinajstić information content (AvgIpc) is 2.43. The van der Waals surface area contributed by atoms with Crippen LogP contribution in [0.2, 0.25) is 0 Å². The van der Waals surface area contributed by atoms with Crippen molar-refractivity contribution in [3.05, 3.63) is 70.8 Å². The SMILES string of the molecule is C#CCC1c2ccccc2C(=O)c2ccccc21.